The smallest absolute Gasteiger partial charge is 0.319 e. The molecule has 0 bridgehead atoms. The number of benzene rings is 2. The fourth-order valence-corrected chi connectivity index (χ4v) is 9.90. The summed E-state index contributed by atoms with van der Waals surface area (Å²) in [4.78, 5) is 14.4. The Morgan fingerprint density at radius 2 is 2.06 bits per heavy atom. The van der Waals surface area contributed by atoms with Gasteiger partial charge in [-0.2, -0.15) is 15.2 Å². The van der Waals surface area contributed by atoms with E-state index < -0.39 is 17.2 Å². The molecular formula is C35H37ClF2N6O3S. The van der Waals surface area contributed by atoms with Crippen LogP contribution in [0.4, 0.5) is 19.6 Å². The van der Waals surface area contributed by atoms with Gasteiger partial charge < -0.3 is 24.8 Å². The second kappa shape index (κ2) is 11.5. The Hall–Kier alpha value is -3.50. The summed E-state index contributed by atoms with van der Waals surface area (Å²) in [6.07, 6.45) is 5.69. The van der Waals surface area contributed by atoms with Crippen molar-refractivity contribution in [3.63, 3.8) is 0 Å². The van der Waals surface area contributed by atoms with Crippen molar-refractivity contribution in [3.05, 3.63) is 34.4 Å². The molecule has 13 heteroatoms. The molecule has 0 amide bonds. The first-order chi connectivity index (χ1) is 23.1. The van der Waals surface area contributed by atoms with E-state index in [9.17, 15) is 5.26 Å². The van der Waals surface area contributed by atoms with Crippen LogP contribution in [0.2, 0.25) is 5.02 Å². The van der Waals surface area contributed by atoms with Crippen molar-refractivity contribution in [3.8, 4) is 29.0 Å². The van der Waals surface area contributed by atoms with Crippen LogP contribution in [0, 0.1) is 28.9 Å². The van der Waals surface area contributed by atoms with Crippen LogP contribution in [0.3, 0.4) is 0 Å². The number of aromatic nitrogens is 2. The van der Waals surface area contributed by atoms with Crippen LogP contribution < -0.4 is 20.1 Å². The van der Waals surface area contributed by atoms with Crippen molar-refractivity contribution in [2.75, 3.05) is 50.6 Å². The molecule has 2 aromatic heterocycles. The molecule has 8 rings (SSSR count). The molecule has 4 atom stereocenters. The fraction of sp³-hybridized carbons (Fsp3) is 0.514. The molecule has 4 aliphatic rings. The summed E-state index contributed by atoms with van der Waals surface area (Å²) in [7, 11) is 1.71. The predicted molar refractivity (Wildman–Crippen MR) is 183 cm³/mol. The van der Waals surface area contributed by atoms with Crippen LogP contribution in [0.15, 0.2) is 12.1 Å². The number of rotatable bonds is 5. The standard InChI is InChI=1S/C35H37ClF2N6O3S/c1-18-12-35(10-5-11-43(35)14-18)17-47-33-41-28-25-29(46-15-19-6-4-9-34(2,45-3)16-44(19)32(25)42-33)26(36)24(27(28)38)20-7-8-22(37)30-23(20)21(13-39)31(40)48-30/h7-8,18-19H,4-6,9-12,14-17,40H2,1-3H3/t18-,19?,34?,35+/m1/s1. The van der Waals surface area contributed by atoms with Crippen molar-refractivity contribution in [2.45, 2.75) is 69.6 Å². The number of nitrogens with two attached hydrogens (primary N) is 1. The van der Waals surface area contributed by atoms with Crippen LogP contribution in [0.5, 0.6) is 11.8 Å². The lowest BCUT2D eigenvalue weighted by molar-refractivity contribution is 0.00738. The van der Waals surface area contributed by atoms with Crippen LogP contribution in [-0.2, 0) is 4.74 Å². The topological polar surface area (TPSA) is 110 Å². The van der Waals surface area contributed by atoms with Crippen molar-refractivity contribution >= 4 is 54.7 Å². The SMILES string of the molecule is COC1(C)CCCC2COc3c(Cl)c(-c4ccc(F)c5sc(N)c(C#N)c45)c(F)c4nc(OC[C@@]56CCCN5C[C@H](C)C6)nc(c34)N2C1. The number of ether oxygens (including phenoxy) is 3. The molecule has 3 saturated heterocycles. The Morgan fingerprint density at radius 1 is 1.23 bits per heavy atom. The molecular weight excluding hydrogens is 658 g/mol. The summed E-state index contributed by atoms with van der Waals surface area (Å²) < 4.78 is 51.4. The summed E-state index contributed by atoms with van der Waals surface area (Å²) in [6, 6.07) is 4.71. The van der Waals surface area contributed by atoms with E-state index in [2.05, 4.69) is 29.7 Å². The van der Waals surface area contributed by atoms with Gasteiger partial charge in [0.2, 0.25) is 0 Å². The zero-order valence-electron chi connectivity index (χ0n) is 27.2. The Labute approximate surface area is 286 Å². The van der Waals surface area contributed by atoms with Gasteiger partial charge in [-0.15, -0.1) is 11.3 Å². The van der Waals surface area contributed by atoms with Gasteiger partial charge in [0.15, 0.2) is 11.6 Å². The quantitative estimate of drug-likeness (QED) is 0.230. The molecule has 0 spiro atoms. The molecule has 2 N–H and O–H groups in total. The van der Waals surface area contributed by atoms with Crippen molar-refractivity contribution < 1.29 is 23.0 Å². The molecule has 4 aliphatic heterocycles. The van der Waals surface area contributed by atoms with Crippen LogP contribution >= 0.6 is 22.9 Å². The molecule has 0 aliphatic carbocycles. The highest BCUT2D eigenvalue weighted by Crippen LogP contribution is 2.52. The largest absolute Gasteiger partial charge is 0.489 e. The number of thiophene rings is 1. The summed E-state index contributed by atoms with van der Waals surface area (Å²) in [6.45, 7) is 7.56. The number of nitriles is 1. The van der Waals surface area contributed by atoms with E-state index in [1.807, 2.05) is 0 Å². The number of nitrogen functional groups attached to an aromatic ring is 1. The molecule has 48 heavy (non-hydrogen) atoms. The first-order valence-electron chi connectivity index (χ1n) is 16.5. The lowest BCUT2D eigenvalue weighted by atomic mass is 9.92. The highest BCUT2D eigenvalue weighted by atomic mass is 35.5. The Bertz CT molecular complexity index is 2020. The van der Waals surface area contributed by atoms with Gasteiger partial charge in [0, 0.05) is 31.1 Å². The third kappa shape index (κ3) is 4.80. The van der Waals surface area contributed by atoms with E-state index in [1.165, 1.54) is 12.1 Å². The second-order valence-corrected chi connectivity index (χ2v) is 15.6. The average Bonchev–Trinajstić information content (AvgIpc) is 3.63. The van der Waals surface area contributed by atoms with E-state index in [4.69, 9.17) is 41.5 Å². The lowest BCUT2D eigenvalue weighted by Crippen LogP contribution is -2.46. The van der Waals surface area contributed by atoms with Crippen molar-refractivity contribution in [2.24, 2.45) is 5.92 Å². The van der Waals surface area contributed by atoms with Gasteiger partial charge in [0.25, 0.3) is 0 Å². The number of hydrogen-bond acceptors (Lipinski definition) is 10. The molecule has 3 fully saturated rings. The Kier molecular flexibility index (Phi) is 7.64. The number of hydrogen-bond donors (Lipinski definition) is 1. The maximum absolute atomic E-state index is 17.3. The first kappa shape index (κ1) is 31.7. The van der Waals surface area contributed by atoms with Gasteiger partial charge >= 0.3 is 6.01 Å². The molecule has 4 aromatic rings. The normalized spacial score (nSPS) is 27.0. The fourth-order valence-electron chi connectivity index (χ4n) is 8.61. The van der Waals surface area contributed by atoms with Crippen LogP contribution in [0.1, 0.15) is 57.9 Å². The summed E-state index contributed by atoms with van der Waals surface area (Å²) >= 11 is 8.06. The van der Waals surface area contributed by atoms with Crippen LogP contribution in [0.25, 0.3) is 32.1 Å². The first-order valence-corrected chi connectivity index (χ1v) is 17.7. The minimum absolute atomic E-state index is 0.00678. The van der Waals surface area contributed by atoms with E-state index in [1.54, 1.807) is 7.11 Å². The summed E-state index contributed by atoms with van der Waals surface area (Å²) in [5.41, 5.74) is 5.79. The number of nitrogens with zero attached hydrogens (tertiary/aromatic N) is 5. The zero-order chi connectivity index (χ0) is 33.5. The third-order valence-corrected chi connectivity index (χ3v) is 12.4. The molecule has 2 aromatic carbocycles. The van der Waals surface area contributed by atoms with E-state index in [0.717, 1.165) is 63.0 Å². The minimum Gasteiger partial charge on any atom is -0.489 e. The van der Waals surface area contributed by atoms with Gasteiger partial charge in [-0.25, -0.2) is 8.78 Å². The molecule has 2 unspecified atom stereocenters. The maximum atomic E-state index is 17.3. The minimum atomic E-state index is -0.740. The number of halogens is 3. The molecule has 0 saturated carbocycles. The van der Waals surface area contributed by atoms with E-state index in [0.29, 0.717) is 30.3 Å². The summed E-state index contributed by atoms with van der Waals surface area (Å²) in [5, 5.41) is 10.7. The van der Waals surface area contributed by atoms with E-state index >= 15 is 8.78 Å². The van der Waals surface area contributed by atoms with Crippen molar-refractivity contribution in [1.29, 1.82) is 5.26 Å². The number of methoxy groups -OCH3 is 1. The number of anilines is 2. The monoisotopic (exact) mass is 694 g/mol. The van der Waals surface area contributed by atoms with Gasteiger partial charge in [0.1, 0.15) is 41.4 Å². The maximum Gasteiger partial charge on any atom is 0.319 e. The highest BCUT2D eigenvalue weighted by molar-refractivity contribution is 7.23. The van der Waals surface area contributed by atoms with E-state index in [-0.39, 0.29) is 72.3 Å². The Balaban J connectivity index is 1.36. The average molecular weight is 695 g/mol. The van der Waals surface area contributed by atoms with Gasteiger partial charge in [0.05, 0.1) is 37.9 Å². The molecule has 252 valence electrons. The second-order valence-electron chi connectivity index (χ2n) is 14.1. The van der Waals surface area contributed by atoms with Crippen molar-refractivity contribution in [1.82, 2.24) is 14.9 Å². The van der Waals surface area contributed by atoms with Gasteiger partial charge in [-0.1, -0.05) is 24.6 Å². The van der Waals surface area contributed by atoms with Gasteiger partial charge in [-0.3, -0.25) is 4.90 Å². The van der Waals surface area contributed by atoms with Gasteiger partial charge in [-0.05, 0) is 69.5 Å². The van der Waals surface area contributed by atoms with Crippen LogP contribution in [-0.4, -0.2) is 72.0 Å². The molecule has 0 radical (unpaired) electrons. The molecule has 9 nitrogen and oxygen atoms in total. The molecule has 6 heterocycles. The summed E-state index contributed by atoms with van der Waals surface area (Å²) in [5.74, 6) is -0.0296. The number of fused-ring (bicyclic) bond motifs is 4. The predicted octanol–water partition coefficient (Wildman–Crippen LogP) is 7.31. The third-order valence-electron chi connectivity index (χ3n) is 11.0. The Morgan fingerprint density at radius 3 is 2.85 bits per heavy atom. The highest BCUT2D eigenvalue weighted by Gasteiger charge is 2.48. The zero-order valence-corrected chi connectivity index (χ0v) is 28.7. The lowest BCUT2D eigenvalue weighted by Gasteiger charge is -2.35.